The number of carbonyl (C=O) groups is 1. The third-order valence-electron chi connectivity index (χ3n) is 4.86. The fourth-order valence-electron chi connectivity index (χ4n) is 3.09. The minimum absolute atomic E-state index is 0.0188. The van der Waals surface area contributed by atoms with Crippen molar-refractivity contribution in [3.63, 3.8) is 0 Å². The summed E-state index contributed by atoms with van der Waals surface area (Å²) in [5.41, 5.74) is 1.55. The van der Waals surface area contributed by atoms with E-state index in [9.17, 15) is 17.6 Å². The Balaban J connectivity index is 1.84. The number of hydrogen-bond donors (Lipinski definition) is 1. The number of rotatable bonds is 7. The second-order valence-corrected chi connectivity index (χ2v) is 8.79. The van der Waals surface area contributed by atoms with E-state index < -0.39 is 15.8 Å². The molecule has 3 aromatic rings. The summed E-state index contributed by atoms with van der Waals surface area (Å²) in [6.45, 7) is 1.97. The highest BCUT2D eigenvalue weighted by molar-refractivity contribution is 7.92. The maximum absolute atomic E-state index is 13.2. The highest BCUT2D eigenvalue weighted by atomic mass is 32.2. The van der Waals surface area contributed by atoms with Gasteiger partial charge >= 0.3 is 0 Å². The van der Waals surface area contributed by atoms with E-state index in [4.69, 9.17) is 0 Å². The summed E-state index contributed by atoms with van der Waals surface area (Å²) in [6, 6.07) is 20.5. The van der Waals surface area contributed by atoms with Crippen LogP contribution in [0.3, 0.4) is 0 Å². The average molecular weight is 427 g/mol. The van der Waals surface area contributed by atoms with Crippen LogP contribution in [0.15, 0.2) is 83.8 Å². The van der Waals surface area contributed by atoms with Gasteiger partial charge in [-0.25, -0.2) is 12.8 Å². The van der Waals surface area contributed by atoms with Crippen molar-refractivity contribution >= 4 is 21.6 Å². The maximum atomic E-state index is 13.2. The smallest absolute Gasteiger partial charge is 0.264 e. The number of nitrogens with zero attached hydrogens (tertiary/aromatic N) is 1. The lowest BCUT2D eigenvalue weighted by molar-refractivity contribution is 0.0935. The zero-order valence-corrected chi connectivity index (χ0v) is 17.6. The Morgan fingerprint density at radius 3 is 2.30 bits per heavy atom. The number of carbonyl (C=O) groups excluding carboxylic acids is 1. The van der Waals surface area contributed by atoms with Gasteiger partial charge in [-0.1, -0.05) is 43.3 Å². The van der Waals surface area contributed by atoms with Gasteiger partial charge in [0.25, 0.3) is 15.9 Å². The third-order valence-corrected chi connectivity index (χ3v) is 6.64. The number of nitrogens with one attached hydrogen (secondary N) is 1. The third kappa shape index (κ3) is 4.68. The summed E-state index contributed by atoms with van der Waals surface area (Å²) < 4.78 is 40.2. The lowest BCUT2D eigenvalue weighted by Crippen LogP contribution is -2.29. The van der Waals surface area contributed by atoms with Crippen LogP contribution in [-0.2, 0) is 10.0 Å². The van der Waals surface area contributed by atoms with Crippen LogP contribution in [0.4, 0.5) is 10.1 Å². The molecule has 0 unspecified atom stereocenters. The Labute approximate surface area is 176 Å². The van der Waals surface area contributed by atoms with Crippen LogP contribution in [0.5, 0.6) is 0 Å². The number of hydrogen-bond acceptors (Lipinski definition) is 3. The number of halogens is 1. The van der Waals surface area contributed by atoms with Crippen molar-refractivity contribution in [2.24, 2.45) is 0 Å². The Morgan fingerprint density at radius 2 is 1.67 bits per heavy atom. The summed E-state index contributed by atoms with van der Waals surface area (Å²) in [5, 5.41) is 2.96. The minimum Gasteiger partial charge on any atom is -0.345 e. The molecule has 0 saturated carbocycles. The first-order valence-electron chi connectivity index (χ1n) is 9.53. The molecule has 1 N–H and O–H groups in total. The second-order valence-electron chi connectivity index (χ2n) is 6.82. The van der Waals surface area contributed by atoms with Crippen LogP contribution in [-0.4, -0.2) is 21.4 Å². The van der Waals surface area contributed by atoms with Crippen LogP contribution < -0.4 is 9.62 Å². The summed E-state index contributed by atoms with van der Waals surface area (Å²) in [7, 11) is -2.53. The molecule has 0 aliphatic heterocycles. The Kier molecular flexibility index (Phi) is 6.52. The van der Waals surface area contributed by atoms with Crippen molar-refractivity contribution in [2.45, 2.75) is 24.3 Å². The van der Waals surface area contributed by atoms with Crippen LogP contribution in [0, 0.1) is 5.82 Å². The molecule has 0 spiro atoms. The van der Waals surface area contributed by atoms with Crippen LogP contribution in [0.2, 0.25) is 0 Å². The van der Waals surface area contributed by atoms with Crippen molar-refractivity contribution in [1.29, 1.82) is 0 Å². The van der Waals surface area contributed by atoms with Gasteiger partial charge in [0.2, 0.25) is 0 Å². The highest BCUT2D eigenvalue weighted by Gasteiger charge is 2.23. The fraction of sp³-hybridized carbons (Fsp3) is 0.174. The van der Waals surface area contributed by atoms with Gasteiger partial charge in [-0.2, -0.15) is 0 Å². The van der Waals surface area contributed by atoms with Gasteiger partial charge in [-0.05, 0) is 54.4 Å². The molecule has 0 aliphatic carbocycles. The summed E-state index contributed by atoms with van der Waals surface area (Å²) in [5.74, 6) is -0.806. The molecule has 1 amide bonds. The molecule has 0 saturated heterocycles. The predicted octanol–water partition coefficient (Wildman–Crippen LogP) is 4.53. The van der Waals surface area contributed by atoms with E-state index in [1.807, 2.05) is 37.3 Å². The van der Waals surface area contributed by atoms with Gasteiger partial charge in [-0.15, -0.1) is 0 Å². The van der Waals surface area contributed by atoms with E-state index in [1.54, 1.807) is 6.07 Å². The van der Waals surface area contributed by atoms with E-state index in [0.29, 0.717) is 12.1 Å². The van der Waals surface area contributed by atoms with Gasteiger partial charge in [0, 0.05) is 12.6 Å². The molecule has 156 valence electrons. The standard InChI is InChI=1S/C23H23FN2O3S/c1-3-22(17-8-5-4-6-9-17)25-23(27)18-10-7-11-21(16-18)30(28,29)26(2)20-14-12-19(24)13-15-20/h4-16,22H,3H2,1-2H3,(H,25,27)/t22-/m1/s1. The molecule has 0 bridgehead atoms. The largest absolute Gasteiger partial charge is 0.345 e. The predicted molar refractivity (Wildman–Crippen MR) is 115 cm³/mol. The number of amides is 1. The van der Waals surface area contributed by atoms with Gasteiger partial charge in [0.1, 0.15) is 5.82 Å². The van der Waals surface area contributed by atoms with Gasteiger partial charge in [-0.3, -0.25) is 9.10 Å². The molecule has 0 aliphatic rings. The van der Waals surface area contributed by atoms with Crippen LogP contribution in [0.1, 0.15) is 35.3 Å². The zero-order chi connectivity index (χ0) is 21.7. The van der Waals surface area contributed by atoms with E-state index >= 15 is 0 Å². The van der Waals surface area contributed by atoms with E-state index in [0.717, 1.165) is 9.87 Å². The molecular weight excluding hydrogens is 403 g/mol. The monoisotopic (exact) mass is 426 g/mol. The first kappa shape index (κ1) is 21.5. The second kappa shape index (κ2) is 9.09. The lowest BCUT2D eigenvalue weighted by atomic mass is 10.0. The van der Waals surface area contributed by atoms with E-state index in [2.05, 4.69) is 5.32 Å². The van der Waals surface area contributed by atoms with Crippen LogP contribution in [0.25, 0.3) is 0 Å². The maximum Gasteiger partial charge on any atom is 0.264 e. The van der Waals surface area contributed by atoms with Crippen molar-refractivity contribution in [3.8, 4) is 0 Å². The number of anilines is 1. The number of sulfonamides is 1. The average Bonchev–Trinajstić information content (AvgIpc) is 2.78. The lowest BCUT2D eigenvalue weighted by Gasteiger charge is -2.20. The topological polar surface area (TPSA) is 66.5 Å². The summed E-state index contributed by atoms with van der Waals surface area (Å²) >= 11 is 0. The molecule has 0 fully saturated rings. The van der Waals surface area contributed by atoms with Crippen molar-refractivity contribution in [3.05, 3.63) is 95.8 Å². The molecule has 0 radical (unpaired) electrons. The molecule has 3 rings (SSSR count). The quantitative estimate of drug-likeness (QED) is 0.604. The zero-order valence-electron chi connectivity index (χ0n) is 16.7. The summed E-state index contributed by atoms with van der Waals surface area (Å²) in [4.78, 5) is 12.8. The first-order chi connectivity index (χ1) is 14.3. The Bertz CT molecular complexity index is 1120. The van der Waals surface area contributed by atoms with Gasteiger partial charge < -0.3 is 5.32 Å². The van der Waals surface area contributed by atoms with Crippen molar-refractivity contribution < 1.29 is 17.6 Å². The first-order valence-corrected chi connectivity index (χ1v) is 11.0. The van der Waals surface area contributed by atoms with Crippen molar-refractivity contribution in [1.82, 2.24) is 5.32 Å². The minimum atomic E-state index is -3.92. The van der Waals surface area contributed by atoms with Crippen LogP contribution >= 0.6 is 0 Å². The van der Waals surface area contributed by atoms with E-state index in [1.165, 1.54) is 49.5 Å². The Hall–Kier alpha value is -3.19. The van der Waals surface area contributed by atoms with Gasteiger partial charge in [0.15, 0.2) is 0 Å². The Morgan fingerprint density at radius 1 is 1.00 bits per heavy atom. The van der Waals surface area contributed by atoms with E-state index in [-0.39, 0.29) is 22.4 Å². The molecular formula is C23H23FN2O3S. The molecule has 30 heavy (non-hydrogen) atoms. The molecule has 7 heteroatoms. The van der Waals surface area contributed by atoms with Crippen molar-refractivity contribution in [2.75, 3.05) is 11.4 Å². The SMILES string of the molecule is CC[C@@H](NC(=O)c1cccc(S(=O)(=O)N(C)c2ccc(F)cc2)c1)c1ccccc1. The normalized spacial score (nSPS) is 12.2. The molecule has 3 aromatic carbocycles. The highest BCUT2D eigenvalue weighted by Crippen LogP contribution is 2.23. The number of benzene rings is 3. The molecule has 0 aromatic heterocycles. The molecule has 5 nitrogen and oxygen atoms in total. The van der Waals surface area contributed by atoms with Gasteiger partial charge in [0.05, 0.1) is 16.6 Å². The molecule has 1 atom stereocenters. The molecule has 0 heterocycles. The summed E-state index contributed by atoms with van der Waals surface area (Å²) in [6.07, 6.45) is 0.695. The fourth-order valence-corrected chi connectivity index (χ4v) is 4.34.